The fourth-order valence-corrected chi connectivity index (χ4v) is 2.06. The minimum atomic E-state index is -0.199. The van der Waals surface area contributed by atoms with Crippen LogP contribution in [0.2, 0.25) is 0 Å². The molecular weight excluding hydrogens is 266 g/mol. The summed E-state index contributed by atoms with van der Waals surface area (Å²) in [7, 11) is 0. The van der Waals surface area contributed by atoms with Crippen molar-refractivity contribution in [1.29, 1.82) is 0 Å². The van der Waals surface area contributed by atoms with E-state index in [1.165, 1.54) is 6.07 Å². The van der Waals surface area contributed by atoms with Crippen molar-refractivity contribution < 1.29 is 4.74 Å². The molecule has 0 saturated heterocycles. The Morgan fingerprint density at radius 3 is 2.38 bits per heavy atom. The number of ether oxygens (including phenoxy) is 1. The molecule has 0 amide bonds. The van der Waals surface area contributed by atoms with E-state index < -0.39 is 0 Å². The van der Waals surface area contributed by atoms with Crippen LogP contribution < -0.4 is 10.3 Å². The Balaban J connectivity index is 1.93. The van der Waals surface area contributed by atoms with Crippen LogP contribution in [0, 0.1) is 0 Å². The highest BCUT2D eigenvalue weighted by Gasteiger charge is 2.02. The Morgan fingerprint density at radius 2 is 1.81 bits per heavy atom. The van der Waals surface area contributed by atoms with E-state index in [2.05, 4.69) is 28.9 Å². The number of benzene rings is 1. The summed E-state index contributed by atoms with van der Waals surface area (Å²) in [5.41, 5.74) is 1.49. The first-order valence-electron chi connectivity index (χ1n) is 7.24. The van der Waals surface area contributed by atoms with Gasteiger partial charge in [0.15, 0.2) is 0 Å². The molecule has 2 aromatic rings. The van der Waals surface area contributed by atoms with Crippen molar-refractivity contribution in [3.05, 3.63) is 46.8 Å². The molecule has 0 saturated carbocycles. The summed E-state index contributed by atoms with van der Waals surface area (Å²) in [5.74, 6) is 0.843. The molecule has 0 spiro atoms. The Kier molecular flexibility index (Phi) is 5.51. The van der Waals surface area contributed by atoms with Crippen molar-refractivity contribution >= 4 is 0 Å². The van der Waals surface area contributed by atoms with Crippen LogP contribution in [0.3, 0.4) is 0 Å². The van der Waals surface area contributed by atoms with Crippen molar-refractivity contribution in [2.45, 2.75) is 13.8 Å². The molecule has 5 nitrogen and oxygen atoms in total. The van der Waals surface area contributed by atoms with Gasteiger partial charge in [-0.05, 0) is 43.4 Å². The van der Waals surface area contributed by atoms with Crippen LogP contribution in [0.15, 0.2) is 41.2 Å². The Hall–Kier alpha value is -2.14. The molecule has 1 N–H and O–H groups in total. The van der Waals surface area contributed by atoms with Crippen LogP contribution >= 0.6 is 0 Å². The van der Waals surface area contributed by atoms with Crippen LogP contribution in [-0.4, -0.2) is 41.3 Å². The average Bonchev–Trinajstić information content (AvgIpc) is 2.53. The van der Waals surface area contributed by atoms with E-state index in [-0.39, 0.29) is 5.56 Å². The van der Waals surface area contributed by atoms with Crippen LogP contribution in [0.1, 0.15) is 13.8 Å². The van der Waals surface area contributed by atoms with Gasteiger partial charge in [-0.1, -0.05) is 13.8 Å². The minimum absolute atomic E-state index is 0.199. The van der Waals surface area contributed by atoms with Gasteiger partial charge in [-0.3, -0.25) is 4.79 Å². The number of hydrogen-bond acceptors (Lipinski definition) is 4. The summed E-state index contributed by atoms with van der Waals surface area (Å²) in [6.07, 6.45) is 0. The topological polar surface area (TPSA) is 58.2 Å². The molecule has 5 heteroatoms. The molecule has 1 aromatic carbocycles. The number of nitrogens with zero attached hydrogens (tertiary/aromatic N) is 2. The number of rotatable bonds is 7. The largest absolute Gasteiger partial charge is 0.492 e. The predicted molar refractivity (Wildman–Crippen MR) is 83.6 cm³/mol. The van der Waals surface area contributed by atoms with Crippen LogP contribution in [0.4, 0.5) is 0 Å². The Bertz CT molecular complexity index is 583. The van der Waals surface area contributed by atoms with Crippen LogP contribution in [-0.2, 0) is 0 Å². The molecule has 0 radical (unpaired) electrons. The molecule has 1 aromatic heterocycles. The monoisotopic (exact) mass is 287 g/mol. The van der Waals surface area contributed by atoms with Gasteiger partial charge in [0.05, 0.1) is 5.69 Å². The highest BCUT2D eigenvalue weighted by Crippen LogP contribution is 2.19. The number of nitrogens with one attached hydrogen (secondary N) is 1. The maximum absolute atomic E-state index is 11.0. The zero-order valence-corrected chi connectivity index (χ0v) is 12.5. The number of aromatic amines is 1. The third-order valence-corrected chi connectivity index (χ3v) is 3.40. The smallest absolute Gasteiger partial charge is 0.264 e. The lowest BCUT2D eigenvalue weighted by molar-refractivity contribution is 0.223. The second-order valence-electron chi connectivity index (χ2n) is 4.71. The van der Waals surface area contributed by atoms with Gasteiger partial charge in [-0.15, -0.1) is 0 Å². The van der Waals surface area contributed by atoms with Gasteiger partial charge in [-0.2, -0.15) is 5.10 Å². The first-order chi connectivity index (χ1) is 10.2. The van der Waals surface area contributed by atoms with Gasteiger partial charge in [0.25, 0.3) is 5.56 Å². The van der Waals surface area contributed by atoms with E-state index in [0.717, 1.165) is 36.6 Å². The molecule has 2 rings (SSSR count). The standard InChI is InChI=1S/C16H21N3O2/c1-3-19(4-2)11-12-21-14-7-5-13(6-8-14)15-9-10-16(20)18-17-15/h5-10H,3-4,11-12H2,1-2H3,(H,18,20). The van der Waals surface area contributed by atoms with Gasteiger partial charge in [0.1, 0.15) is 12.4 Å². The van der Waals surface area contributed by atoms with E-state index in [1.54, 1.807) is 6.07 Å². The zero-order chi connectivity index (χ0) is 15.1. The van der Waals surface area contributed by atoms with Crippen molar-refractivity contribution in [1.82, 2.24) is 15.1 Å². The molecule has 0 bridgehead atoms. The van der Waals surface area contributed by atoms with E-state index in [0.29, 0.717) is 6.61 Å². The first-order valence-corrected chi connectivity index (χ1v) is 7.24. The van der Waals surface area contributed by atoms with Crippen molar-refractivity contribution in [2.75, 3.05) is 26.2 Å². The second kappa shape index (κ2) is 7.59. The summed E-state index contributed by atoms with van der Waals surface area (Å²) < 4.78 is 5.73. The molecule has 0 atom stereocenters. The summed E-state index contributed by atoms with van der Waals surface area (Å²) >= 11 is 0. The summed E-state index contributed by atoms with van der Waals surface area (Å²) in [4.78, 5) is 13.3. The Morgan fingerprint density at radius 1 is 1.10 bits per heavy atom. The highest BCUT2D eigenvalue weighted by molar-refractivity contribution is 5.59. The predicted octanol–water partition coefficient (Wildman–Crippen LogP) is 2.16. The molecular formula is C16H21N3O2. The Labute approximate surface area is 124 Å². The molecule has 0 aliphatic heterocycles. The molecule has 112 valence electrons. The van der Waals surface area contributed by atoms with E-state index in [9.17, 15) is 4.79 Å². The molecule has 0 unspecified atom stereocenters. The maximum atomic E-state index is 11.0. The van der Waals surface area contributed by atoms with E-state index in [1.807, 2.05) is 24.3 Å². The summed E-state index contributed by atoms with van der Waals surface area (Å²) in [6, 6.07) is 10.9. The zero-order valence-electron chi connectivity index (χ0n) is 12.5. The molecule has 0 aliphatic rings. The average molecular weight is 287 g/mol. The summed E-state index contributed by atoms with van der Waals surface area (Å²) in [5, 5.41) is 6.43. The van der Waals surface area contributed by atoms with Crippen molar-refractivity contribution in [3.8, 4) is 17.0 Å². The van der Waals surface area contributed by atoms with Gasteiger partial charge in [0, 0.05) is 18.2 Å². The second-order valence-corrected chi connectivity index (χ2v) is 4.71. The van der Waals surface area contributed by atoms with E-state index in [4.69, 9.17) is 4.74 Å². The van der Waals surface area contributed by atoms with E-state index >= 15 is 0 Å². The third-order valence-electron chi connectivity index (χ3n) is 3.40. The minimum Gasteiger partial charge on any atom is -0.492 e. The van der Waals surface area contributed by atoms with Gasteiger partial charge in [-0.25, -0.2) is 5.10 Å². The molecule has 1 heterocycles. The third kappa shape index (κ3) is 4.43. The highest BCUT2D eigenvalue weighted by atomic mass is 16.5. The van der Waals surface area contributed by atoms with Crippen molar-refractivity contribution in [2.24, 2.45) is 0 Å². The lowest BCUT2D eigenvalue weighted by Gasteiger charge is -2.18. The van der Waals surface area contributed by atoms with Gasteiger partial charge < -0.3 is 9.64 Å². The molecule has 21 heavy (non-hydrogen) atoms. The maximum Gasteiger partial charge on any atom is 0.264 e. The lowest BCUT2D eigenvalue weighted by atomic mass is 10.1. The SMILES string of the molecule is CCN(CC)CCOc1ccc(-c2ccc(=O)[nH]n2)cc1. The normalized spacial score (nSPS) is 10.8. The van der Waals surface area contributed by atoms with Gasteiger partial charge in [0.2, 0.25) is 0 Å². The number of H-pyrrole nitrogens is 1. The molecule has 0 fully saturated rings. The van der Waals surface area contributed by atoms with Gasteiger partial charge >= 0.3 is 0 Å². The fourth-order valence-electron chi connectivity index (χ4n) is 2.06. The number of likely N-dealkylation sites (N-methyl/N-ethyl adjacent to an activating group) is 1. The van der Waals surface area contributed by atoms with Crippen LogP contribution in [0.5, 0.6) is 5.75 Å². The van der Waals surface area contributed by atoms with Crippen molar-refractivity contribution in [3.63, 3.8) is 0 Å². The lowest BCUT2D eigenvalue weighted by Crippen LogP contribution is -2.27. The summed E-state index contributed by atoms with van der Waals surface area (Å²) in [6.45, 7) is 7.98. The number of hydrogen-bond donors (Lipinski definition) is 1. The van der Waals surface area contributed by atoms with Crippen LogP contribution in [0.25, 0.3) is 11.3 Å². The molecule has 0 aliphatic carbocycles. The first kappa shape index (κ1) is 15.3. The number of aromatic nitrogens is 2. The quantitative estimate of drug-likeness (QED) is 0.848. The fraction of sp³-hybridized carbons (Fsp3) is 0.375.